The summed E-state index contributed by atoms with van der Waals surface area (Å²) < 4.78 is 129. The Hall–Kier alpha value is -0.603. The molecule has 0 heterocycles. The van der Waals surface area contributed by atoms with E-state index in [0.717, 1.165) is 0 Å². The highest BCUT2D eigenvalue weighted by Crippen LogP contribution is 2.53. The maximum atomic E-state index is 11.6. The van der Waals surface area contributed by atoms with Crippen LogP contribution in [0, 0.1) is 0 Å². The quantitative estimate of drug-likeness (QED) is 0.472. The summed E-state index contributed by atoms with van der Waals surface area (Å²) in [6.07, 6.45) is -13.9. The van der Waals surface area contributed by atoms with Gasteiger partial charge in [-0.15, -0.1) is 0 Å². The third-order valence-corrected chi connectivity index (χ3v) is 3.83. The molecule has 0 aliphatic carbocycles. The van der Waals surface area contributed by atoms with Crippen molar-refractivity contribution in [2.75, 3.05) is 19.8 Å². The van der Waals surface area contributed by atoms with Gasteiger partial charge < -0.3 is 13.3 Å². The molecule has 14 heteroatoms. The SMILES string of the molecule is CCO[SiH](OCC)OCC.FC(F)(F)C(F)(F)C(F)(F)C(F)(F)F. The van der Waals surface area contributed by atoms with Gasteiger partial charge in [-0.25, -0.2) is 0 Å². The Balaban J connectivity index is 0. The van der Waals surface area contributed by atoms with Gasteiger partial charge >= 0.3 is 33.7 Å². The minimum atomic E-state index is -7.14. The van der Waals surface area contributed by atoms with Crippen LogP contribution >= 0.6 is 0 Å². The lowest BCUT2D eigenvalue weighted by Crippen LogP contribution is -2.59. The number of hydrogen-bond donors (Lipinski definition) is 0. The van der Waals surface area contributed by atoms with E-state index in [4.69, 9.17) is 13.3 Å². The van der Waals surface area contributed by atoms with Crippen LogP contribution in [0.1, 0.15) is 20.8 Å². The fraction of sp³-hybridized carbons (Fsp3) is 1.00. The molecule has 0 aromatic rings. The van der Waals surface area contributed by atoms with E-state index < -0.39 is 33.7 Å². The summed E-state index contributed by atoms with van der Waals surface area (Å²) in [7, 11) is -1.73. The summed E-state index contributed by atoms with van der Waals surface area (Å²) in [5, 5.41) is 0. The van der Waals surface area contributed by atoms with Crippen molar-refractivity contribution in [2.45, 2.75) is 45.0 Å². The molecule has 0 atom stereocenters. The molecule has 0 saturated carbocycles. The predicted molar refractivity (Wildman–Crippen MR) is 64.0 cm³/mol. The Morgan fingerprint density at radius 1 is 0.542 bits per heavy atom. The third-order valence-electron chi connectivity index (χ3n) is 2.01. The van der Waals surface area contributed by atoms with Gasteiger partial charge in [0.05, 0.1) is 0 Å². The van der Waals surface area contributed by atoms with E-state index >= 15 is 0 Å². The van der Waals surface area contributed by atoms with Crippen LogP contribution in [0.25, 0.3) is 0 Å². The average molecular weight is 402 g/mol. The molecule has 0 fully saturated rings. The fourth-order valence-electron chi connectivity index (χ4n) is 0.909. The van der Waals surface area contributed by atoms with Crippen LogP contribution in [0.4, 0.5) is 43.9 Å². The zero-order valence-corrected chi connectivity index (χ0v) is 13.9. The molecule has 0 rings (SSSR count). The Kier molecular flexibility index (Phi) is 10.4. The van der Waals surface area contributed by atoms with Crippen LogP contribution in [0.2, 0.25) is 0 Å². The number of alkyl halides is 10. The second kappa shape index (κ2) is 9.77. The van der Waals surface area contributed by atoms with E-state index in [2.05, 4.69) is 0 Å². The van der Waals surface area contributed by atoms with Crippen LogP contribution < -0.4 is 0 Å². The molecule has 24 heavy (non-hydrogen) atoms. The minimum absolute atomic E-state index is 0.677. The highest BCUT2D eigenvalue weighted by Gasteiger charge is 2.82. The topological polar surface area (TPSA) is 27.7 Å². The predicted octanol–water partition coefficient (Wildman–Crippen LogP) is 4.19. The van der Waals surface area contributed by atoms with Gasteiger partial charge in [0.25, 0.3) is 0 Å². The van der Waals surface area contributed by atoms with Gasteiger partial charge in [0.15, 0.2) is 0 Å². The van der Waals surface area contributed by atoms with Crippen molar-refractivity contribution in [1.29, 1.82) is 0 Å². The minimum Gasteiger partial charge on any atom is -0.376 e. The maximum absolute atomic E-state index is 11.6. The molecule has 0 radical (unpaired) electrons. The van der Waals surface area contributed by atoms with Crippen LogP contribution in [-0.4, -0.2) is 53.5 Å². The number of hydrogen-bond acceptors (Lipinski definition) is 3. The summed E-state index contributed by atoms with van der Waals surface area (Å²) in [4.78, 5) is 0. The van der Waals surface area contributed by atoms with E-state index in [-0.39, 0.29) is 0 Å². The van der Waals surface area contributed by atoms with Crippen LogP contribution in [-0.2, 0) is 13.3 Å². The monoisotopic (exact) mass is 402 g/mol. The van der Waals surface area contributed by atoms with Crippen LogP contribution in [0.3, 0.4) is 0 Å². The lowest BCUT2D eigenvalue weighted by atomic mass is 10.1. The van der Waals surface area contributed by atoms with Crippen molar-refractivity contribution in [1.82, 2.24) is 0 Å². The second-order valence-electron chi connectivity index (χ2n) is 3.80. The molecule has 0 spiro atoms. The summed E-state index contributed by atoms with van der Waals surface area (Å²) in [6, 6.07) is 0. The zero-order valence-electron chi connectivity index (χ0n) is 12.7. The van der Waals surface area contributed by atoms with Crippen molar-refractivity contribution < 1.29 is 57.2 Å². The summed E-state index contributed by atoms with van der Waals surface area (Å²) in [5.41, 5.74) is 0. The molecule has 0 N–H and O–H groups in total. The number of halogens is 10. The first kappa shape index (κ1) is 25.6. The molecule has 0 aliphatic heterocycles. The molecule has 0 saturated heterocycles. The zero-order chi connectivity index (χ0) is 19.8. The van der Waals surface area contributed by atoms with Crippen molar-refractivity contribution in [2.24, 2.45) is 0 Å². The number of rotatable bonds is 7. The van der Waals surface area contributed by atoms with Gasteiger partial charge in [-0.05, 0) is 20.8 Å². The molecule has 0 aliphatic rings. The van der Waals surface area contributed by atoms with Crippen LogP contribution in [0.15, 0.2) is 0 Å². The van der Waals surface area contributed by atoms with Gasteiger partial charge in [-0.2, -0.15) is 43.9 Å². The standard InChI is InChI=1S/C6H16O3Si.C4F10/c1-4-7-10(8-5-2)9-6-3;5-1(6,3(9,10)11)2(7,8)4(12,13)14/h10H,4-6H2,1-3H3;. The lowest BCUT2D eigenvalue weighted by Gasteiger charge is -2.29. The summed E-state index contributed by atoms with van der Waals surface area (Å²) >= 11 is 0. The molecular weight excluding hydrogens is 386 g/mol. The fourth-order valence-corrected chi connectivity index (χ4v) is 2.01. The molecule has 0 bridgehead atoms. The summed E-state index contributed by atoms with van der Waals surface area (Å²) in [6.45, 7) is 7.86. The van der Waals surface area contributed by atoms with E-state index in [1.54, 1.807) is 0 Å². The van der Waals surface area contributed by atoms with Crippen molar-refractivity contribution in [3.63, 3.8) is 0 Å². The molecule has 0 unspecified atom stereocenters. The highest BCUT2D eigenvalue weighted by molar-refractivity contribution is 6.36. The van der Waals surface area contributed by atoms with Crippen molar-refractivity contribution >= 4 is 9.53 Å². The van der Waals surface area contributed by atoms with Gasteiger partial charge in [-0.1, -0.05) is 0 Å². The Morgan fingerprint density at radius 2 is 0.750 bits per heavy atom. The molecular formula is C10H16F10O3Si. The van der Waals surface area contributed by atoms with Gasteiger partial charge in [-0.3, -0.25) is 0 Å². The molecule has 148 valence electrons. The Morgan fingerprint density at radius 3 is 0.875 bits per heavy atom. The van der Waals surface area contributed by atoms with E-state index in [1.165, 1.54) is 0 Å². The Labute approximate surface area is 132 Å². The van der Waals surface area contributed by atoms with Crippen molar-refractivity contribution in [3.8, 4) is 0 Å². The maximum Gasteiger partial charge on any atom is 0.484 e. The van der Waals surface area contributed by atoms with E-state index in [1.807, 2.05) is 20.8 Å². The molecule has 0 aromatic carbocycles. The summed E-state index contributed by atoms with van der Waals surface area (Å²) in [5.74, 6) is -14.3. The van der Waals surface area contributed by atoms with Gasteiger partial charge in [0, 0.05) is 19.8 Å². The third kappa shape index (κ3) is 7.10. The molecule has 0 aromatic heterocycles. The second-order valence-corrected chi connectivity index (χ2v) is 5.38. The first-order valence-corrected chi connectivity index (χ1v) is 7.75. The molecule has 0 amide bonds. The van der Waals surface area contributed by atoms with Crippen LogP contribution in [0.5, 0.6) is 0 Å². The normalized spacial score (nSPS) is 13.8. The van der Waals surface area contributed by atoms with E-state index in [0.29, 0.717) is 19.8 Å². The van der Waals surface area contributed by atoms with Gasteiger partial charge in [0.1, 0.15) is 0 Å². The van der Waals surface area contributed by atoms with Crippen molar-refractivity contribution in [3.05, 3.63) is 0 Å². The average Bonchev–Trinajstić information content (AvgIpc) is 2.37. The van der Waals surface area contributed by atoms with Gasteiger partial charge in [0.2, 0.25) is 0 Å². The largest absolute Gasteiger partial charge is 0.484 e. The highest BCUT2D eigenvalue weighted by atomic mass is 28.3. The molecule has 3 nitrogen and oxygen atoms in total. The first-order chi connectivity index (χ1) is 10.6. The van der Waals surface area contributed by atoms with E-state index in [9.17, 15) is 43.9 Å². The lowest BCUT2D eigenvalue weighted by molar-refractivity contribution is -0.419. The first-order valence-electron chi connectivity index (χ1n) is 6.33. The Bertz CT molecular complexity index is 306. The smallest absolute Gasteiger partial charge is 0.376 e.